The van der Waals surface area contributed by atoms with Gasteiger partial charge in [-0.3, -0.25) is 5.10 Å². The van der Waals surface area contributed by atoms with Crippen molar-refractivity contribution in [3.05, 3.63) is 30.0 Å². The van der Waals surface area contributed by atoms with Gasteiger partial charge in [0.15, 0.2) is 0 Å². The van der Waals surface area contributed by atoms with E-state index in [2.05, 4.69) is 10.2 Å². The first-order chi connectivity index (χ1) is 8.59. The molecule has 2 heterocycles. The minimum atomic E-state index is 0.263. The summed E-state index contributed by atoms with van der Waals surface area (Å²) in [4.78, 5) is 0. The molecule has 0 atom stereocenters. The average Bonchev–Trinajstić information content (AvgIpc) is 2.86. The molecule has 3 aromatic rings. The summed E-state index contributed by atoms with van der Waals surface area (Å²) in [6.45, 7) is 2.01. The van der Waals surface area contributed by atoms with Gasteiger partial charge in [0.1, 0.15) is 11.6 Å². The summed E-state index contributed by atoms with van der Waals surface area (Å²) < 4.78 is 2.04. The minimum absolute atomic E-state index is 0.263. The third kappa shape index (κ3) is 1.30. The van der Waals surface area contributed by atoms with Gasteiger partial charge < -0.3 is 15.4 Å². The quantitative estimate of drug-likeness (QED) is 0.611. The molecule has 0 bridgehead atoms. The Kier molecular flexibility index (Phi) is 2.10. The van der Waals surface area contributed by atoms with Crippen LogP contribution in [0.2, 0.25) is 0 Å². The van der Waals surface area contributed by atoms with Crippen LogP contribution in [0.15, 0.2) is 24.3 Å². The lowest BCUT2D eigenvalue weighted by molar-refractivity contribution is 0.482. The standard InChI is InChI=1S/C13H14N4O/c1-7-12(8-6-11(14)16-15-8)13-9(17(7)2)4-3-5-10(13)18/h3-6,18H,1-2H3,(H3,14,15,16). The molecule has 0 fully saturated rings. The van der Waals surface area contributed by atoms with Gasteiger partial charge in [-0.25, -0.2) is 0 Å². The number of hydrogen-bond donors (Lipinski definition) is 3. The van der Waals surface area contributed by atoms with Crippen molar-refractivity contribution in [3.63, 3.8) is 0 Å². The number of phenols is 1. The first-order valence-electron chi connectivity index (χ1n) is 5.68. The van der Waals surface area contributed by atoms with Gasteiger partial charge in [-0.05, 0) is 19.1 Å². The smallest absolute Gasteiger partial charge is 0.145 e. The maximum Gasteiger partial charge on any atom is 0.145 e. The second-order valence-corrected chi connectivity index (χ2v) is 4.40. The molecule has 5 nitrogen and oxygen atoms in total. The number of aryl methyl sites for hydroxylation is 1. The molecule has 0 aliphatic rings. The molecule has 0 spiro atoms. The van der Waals surface area contributed by atoms with Crippen molar-refractivity contribution in [2.75, 3.05) is 5.73 Å². The summed E-state index contributed by atoms with van der Waals surface area (Å²) >= 11 is 0. The van der Waals surface area contributed by atoms with Crippen molar-refractivity contribution in [2.45, 2.75) is 6.92 Å². The molecule has 0 aliphatic carbocycles. The Morgan fingerprint density at radius 3 is 2.83 bits per heavy atom. The summed E-state index contributed by atoms with van der Waals surface area (Å²) in [5.41, 5.74) is 9.43. The second-order valence-electron chi connectivity index (χ2n) is 4.40. The van der Waals surface area contributed by atoms with Crippen LogP contribution in [0.25, 0.3) is 22.2 Å². The number of rotatable bonds is 1. The van der Waals surface area contributed by atoms with Gasteiger partial charge in [-0.1, -0.05) is 6.07 Å². The van der Waals surface area contributed by atoms with Crippen LogP contribution in [0.5, 0.6) is 5.75 Å². The highest BCUT2D eigenvalue weighted by Crippen LogP contribution is 2.38. The Bertz CT molecular complexity index is 739. The molecule has 0 saturated carbocycles. The molecule has 0 amide bonds. The summed E-state index contributed by atoms with van der Waals surface area (Å²) in [6, 6.07) is 7.27. The molecule has 5 heteroatoms. The van der Waals surface area contributed by atoms with E-state index >= 15 is 0 Å². The molecule has 4 N–H and O–H groups in total. The summed E-state index contributed by atoms with van der Waals surface area (Å²) in [6.07, 6.45) is 0. The van der Waals surface area contributed by atoms with Crippen LogP contribution in [0.3, 0.4) is 0 Å². The van der Waals surface area contributed by atoms with E-state index in [1.54, 1.807) is 12.1 Å². The zero-order valence-electron chi connectivity index (χ0n) is 10.2. The van der Waals surface area contributed by atoms with Crippen LogP contribution in [0, 0.1) is 6.92 Å². The van der Waals surface area contributed by atoms with Gasteiger partial charge >= 0.3 is 0 Å². The number of nitrogens with two attached hydrogens (primary N) is 1. The summed E-state index contributed by atoms with van der Waals surface area (Å²) in [7, 11) is 1.97. The number of nitrogens with one attached hydrogen (secondary N) is 1. The fraction of sp³-hybridized carbons (Fsp3) is 0.154. The third-order valence-electron chi connectivity index (χ3n) is 3.36. The molecule has 0 saturated heterocycles. The van der Waals surface area contributed by atoms with Crippen molar-refractivity contribution in [1.29, 1.82) is 0 Å². The SMILES string of the molecule is Cc1c(-c2cc(N)n[nH]2)c2c(O)cccc2n1C. The van der Waals surface area contributed by atoms with Crippen molar-refractivity contribution in [3.8, 4) is 17.0 Å². The number of fused-ring (bicyclic) bond motifs is 1. The van der Waals surface area contributed by atoms with Crippen LogP contribution in [0.4, 0.5) is 5.82 Å². The van der Waals surface area contributed by atoms with Crippen LogP contribution in [-0.2, 0) is 7.05 Å². The van der Waals surface area contributed by atoms with E-state index in [4.69, 9.17) is 5.73 Å². The highest BCUT2D eigenvalue weighted by atomic mass is 16.3. The van der Waals surface area contributed by atoms with E-state index < -0.39 is 0 Å². The molecule has 1 aromatic carbocycles. The topological polar surface area (TPSA) is 79.9 Å². The molecule has 0 aliphatic heterocycles. The predicted octanol–water partition coefficient (Wildman–Crippen LogP) is 2.16. The van der Waals surface area contributed by atoms with E-state index in [1.807, 2.05) is 30.7 Å². The van der Waals surface area contributed by atoms with Gasteiger partial charge in [-0.2, -0.15) is 5.10 Å². The lowest BCUT2D eigenvalue weighted by atomic mass is 10.1. The minimum Gasteiger partial charge on any atom is -0.507 e. The van der Waals surface area contributed by atoms with Crippen LogP contribution in [0.1, 0.15) is 5.69 Å². The third-order valence-corrected chi connectivity index (χ3v) is 3.36. The van der Waals surface area contributed by atoms with Crippen LogP contribution >= 0.6 is 0 Å². The number of hydrogen-bond acceptors (Lipinski definition) is 3. The van der Waals surface area contributed by atoms with Crippen molar-refractivity contribution in [1.82, 2.24) is 14.8 Å². The number of anilines is 1. The fourth-order valence-electron chi connectivity index (χ4n) is 2.39. The largest absolute Gasteiger partial charge is 0.507 e. The normalized spacial score (nSPS) is 11.2. The molecule has 0 radical (unpaired) electrons. The molecular formula is C13H14N4O. The number of aromatic nitrogens is 3. The van der Waals surface area contributed by atoms with E-state index in [-0.39, 0.29) is 5.75 Å². The first kappa shape index (κ1) is 10.7. The number of H-pyrrole nitrogens is 1. The zero-order chi connectivity index (χ0) is 12.9. The monoisotopic (exact) mass is 242 g/mol. The van der Waals surface area contributed by atoms with Crippen molar-refractivity contribution < 1.29 is 5.11 Å². The number of phenolic OH excluding ortho intramolecular Hbond substituents is 1. The maximum absolute atomic E-state index is 10.1. The molecule has 2 aromatic heterocycles. The Morgan fingerprint density at radius 2 is 2.17 bits per heavy atom. The second kappa shape index (κ2) is 3.53. The van der Waals surface area contributed by atoms with E-state index in [9.17, 15) is 5.11 Å². The predicted molar refractivity (Wildman–Crippen MR) is 71.3 cm³/mol. The van der Waals surface area contributed by atoms with Gasteiger partial charge in [0.05, 0.1) is 16.6 Å². The van der Waals surface area contributed by atoms with Crippen molar-refractivity contribution in [2.24, 2.45) is 7.05 Å². The van der Waals surface area contributed by atoms with Gasteiger partial charge in [-0.15, -0.1) is 0 Å². The number of aromatic amines is 1. The Labute approximate surface area is 104 Å². The number of nitrogen functional groups attached to an aromatic ring is 1. The molecule has 3 rings (SSSR count). The lowest BCUT2D eigenvalue weighted by Crippen LogP contribution is -1.90. The molecular weight excluding hydrogens is 228 g/mol. The van der Waals surface area contributed by atoms with Crippen LogP contribution < -0.4 is 5.73 Å². The number of benzene rings is 1. The Hall–Kier alpha value is -2.43. The van der Waals surface area contributed by atoms with Crippen molar-refractivity contribution >= 4 is 16.7 Å². The lowest BCUT2D eigenvalue weighted by Gasteiger charge is -1.99. The fourth-order valence-corrected chi connectivity index (χ4v) is 2.39. The first-order valence-corrected chi connectivity index (χ1v) is 5.68. The summed E-state index contributed by atoms with van der Waals surface area (Å²) in [5, 5.41) is 17.7. The Morgan fingerprint density at radius 1 is 1.39 bits per heavy atom. The zero-order valence-corrected chi connectivity index (χ0v) is 10.2. The van der Waals surface area contributed by atoms with E-state index in [1.165, 1.54) is 0 Å². The maximum atomic E-state index is 10.1. The molecule has 18 heavy (non-hydrogen) atoms. The molecule has 0 unspecified atom stereocenters. The van der Waals surface area contributed by atoms with E-state index in [0.717, 1.165) is 27.9 Å². The van der Waals surface area contributed by atoms with Gasteiger partial charge in [0, 0.05) is 24.4 Å². The van der Waals surface area contributed by atoms with Gasteiger partial charge in [0.2, 0.25) is 0 Å². The Balaban J connectivity index is 2.45. The summed E-state index contributed by atoms with van der Waals surface area (Å²) in [5.74, 6) is 0.705. The highest BCUT2D eigenvalue weighted by molar-refractivity contribution is 6.01. The highest BCUT2D eigenvalue weighted by Gasteiger charge is 2.17. The number of aromatic hydroxyl groups is 1. The molecule has 92 valence electrons. The number of nitrogens with zero attached hydrogens (tertiary/aromatic N) is 2. The van der Waals surface area contributed by atoms with Crippen LogP contribution in [-0.4, -0.2) is 19.9 Å². The van der Waals surface area contributed by atoms with E-state index in [0.29, 0.717) is 5.82 Å². The average molecular weight is 242 g/mol. The van der Waals surface area contributed by atoms with Gasteiger partial charge in [0.25, 0.3) is 0 Å².